The molecule has 2 aliphatic heterocycles. The second kappa shape index (κ2) is 5.94. The SMILES string of the molecule is O=C(c1cc(C2CC2)on1)N1CCCC2(CCN(c3ccsc3)C2=O)C1. The van der Waals surface area contributed by atoms with Crippen molar-refractivity contribution in [2.75, 3.05) is 24.5 Å². The van der Waals surface area contributed by atoms with Gasteiger partial charge in [0.05, 0.1) is 11.1 Å². The van der Waals surface area contributed by atoms with Crippen LogP contribution >= 0.6 is 11.3 Å². The van der Waals surface area contributed by atoms with E-state index < -0.39 is 5.41 Å². The van der Waals surface area contributed by atoms with Gasteiger partial charge in [-0.25, -0.2) is 0 Å². The number of aromatic nitrogens is 1. The summed E-state index contributed by atoms with van der Waals surface area (Å²) in [5, 5.41) is 7.99. The third kappa shape index (κ3) is 2.57. The highest BCUT2D eigenvalue weighted by molar-refractivity contribution is 7.08. The predicted octanol–water partition coefficient (Wildman–Crippen LogP) is 3.27. The Morgan fingerprint density at radius 1 is 1.31 bits per heavy atom. The molecule has 0 N–H and O–H groups in total. The van der Waals surface area contributed by atoms with E-state index in [1.54, 1.807) is 22.3 Å². The van der Waals surface area contributed by atoms with Crippen LogP contribution in [0.2, 0.25) is 0 Å². The molecule has 1 aliphatic carbocycles. The maximum atomic E-state index is 13.1. The van der Waals surface area contributed by atoms with Gasteiger partial charge in [0.2, 0.25) is 5.91 Å². The van der Waals surface area contributed by atoms with Crippen LogP contribution in [0.15, 0.2) is 27.4 Å². The fourth-order valence-corrected chi connectivity index (χ4v) is 4.92. The molecule has 2 amide bonds. The maximum absolute atomic E-state index is 13.1. The van der Waals surface area contributed by atoms with E-state index >= 15 is 0 Å². The van der Waals surface area contributed by atoms with Crippen LogP contribution in [0.1, 0.15) is 54.3 Å². The lowest BCUT2D eigenvalue weighted by Crippen LogP contribution is -2.50. The summed E-state index contributed by atoms with van der Waals surface area (Å²) >= 11 is 1.60. The molecule has 1 saturated carbocycles. The van der Waals surface area contributed by atoms with Crippen LogP contribution in [0, 0.1) is 5.41 Å². The number of piperidine rings is 1. The molecule has 1 unspecified atom stereocenters. The Bertz CT molecular complexity index is 842. The molecule has 26 heavy (non-hydrogen) atoms. The van der Waals surface area contributed by atoms with Crippen molar-refractivity contribution in [3.05, 3.63) is 34.3 Å². The summed E-state index contributed by atoms with van der Waals surface area (Å²) in [6, 6.07) is 3.78. The fraction of sp³-hybridized carbons (Fsp3) is 0.526. The lowest BCUT2D eigenvalue weighted by Gasteiger charge is -2.38. The van der Waals surface area contributed by atoms with Crippen LogP contribution in [0.3, 0.4) is 0 Å². The molecule has 5 rings (SSSR count). The first-order valence-electron chi connectivity index (χ1n) is 9.26. The number of hydrogen-bond acceptors (Lipinski definition) is 5. The van der Waals surface area contributed by atoms with Crippen molar-refractivity contribution in [2.24, 2.45) is 5.41 Å². The fourth-order valence-electron chi connectivity index (χ4n) is 4.27. The number of likely N-dealkylation sites (tertiary alicyclic amines) is 1. The first-order valence-corrected chi connectivity index (χ1v) is 10.2. The van der Waals surface area contributed by atoms with Gasteiger partial charge >= 0.3 is 0 Å². The van der Waals surface area contributed by atoms with E-state index in [1.807, 2.05) is 21.7 Å². The number of thiophene rings is 1. The van der Waals surface area contributed by atoms with Crippen molar-refractivity contribution >= 4 is 28.8 Å². The van der Waals surface area contributed by atoms with Crippen LogP contribution in [0.4, 0.5) is 5.69 Å². The van der Waals surface area contributed by atoms with Crippen LogP contribution < -0.4 is 4.90 Å². The summed E-state index contributed by atoms with van der Waals surface area (Å²) in [5.41, 5.74) is 0.911. The highest BCUT2D eigenvalue weighted by atomic mass is 32.1. The Balaban J connectivity index is 1.34. The van der Waals surface area contributed by atoms with Gasteiger partial charge in [-0.05, 0) is 43.6 Å². The molecular weight excluding hydrogens is 350 g/mol. The largest absolute Gasteiger partial charge is 0.360 e. The van der Waals surface area contributed by atoms with Crippen molar-refractivity contribution in [2.45, 2.75) is 38.0 Å². The first-order chi connectivity index (χ1) is 12.7. The summed E-state index contributed by atoms with van der Waals surface area (Å²) in [7, 11) is 0. The van der Waals surface area contributed by atoms with E-state index in [0.717, 1.165) is 50.1 Å². The van der Waals surface area contributed by atoms with Gasteiger partial charge in [-0.2, -0.15) is 11.3 Å². The van der Waals surface area contributed by atoms with E-state index in [2.05, 4.69) is 5.16 Å². The summed E-state index contributed by atoms with van der Waals surface area (Å²) in [6.45, 7) is 1.89. The zero-order valence-corrected chi connectivity index (χ0v) is 15.3. The second-order valence-electron chi connectivity index (χ2n) is 7.69. The van der Waals surface area contributed by atoms with E-state index in [4.69, 9.17) is 4.52 Å². The molecule has 4 heterocycles. The molecule has 0 aromatic carbocycles. The molecule has 6 nitrogen and oxygen atoms in total. The number of rotatable bonds is 3. The number of hydrogen-bond donors (Lipinski definition) is 0. The summed E-state index contributed by atoms with van der Waals surface area (Å²) in [5.74, 6) is 1.31. The predicted molar refractivity (Wildman–Crippen MR) is 97.3 cm³/mol. The van der Waals surface area contributed by atoms with Crippen molar-refractivity contribution in [3.63, 3.8) is 0 Å². The number of amides is 2. The van der Waals surface area contributed by atoms with Gasteiger partial charge in [0.15, 0.2) is 5.69 Å². The Labute approximate surface area is 155 Å². The monoisotopic (exact) mass is 371 g/mol. The molecule has 2 aromatic heterocycles. The van der Waals surface area contributed by atoms with Crippen molar-refractivity contribution in [1.82, 2.24) is 10.1 Å². The minimum absolute atomic E-state index is 0.110. The Morgan fingerprint density at radius 2 is 2.19 bits per heavy atom. The average molecular weight is 371 g/mol. The van der Waals surface area contributed by atoms with Gasteiger partial charge in [-0.3, -0.25) is 9.59 Å². The van der Waals surface area contributed by atoms with Crippen LogP contribution in [0.25, 0.3) is 0 Å². The molecule has 3 aliphatic rings. The van der Waals surface area contributed by atoms with Crippen LogP contribution in [-0.2, 0) is 4.79 Å². The van der Waals surface area contributed by atoms with Crippen LogP contribution in [-0.4, -0.2) is 41.5 Å². The molecule has 136 valence electrons. The number of nitrogens with zero attached hydrogens (tertiary/aromatic N) is 3. The lowest BCUT2D eigenvalue weighted by molar-refractivity contribution is -0.127. The van der Waals surface area contributed by atoms with Crippen molar-refractivity contribution in [1.29, 1.82) is 0 Å². The number of carbonyl (C=O) groups is 2. The van der Waals surface area contributed by atoms with Gasteiger partial charge in [0, 0.05) is 37.0 Å². The molecule has 1 spiro atoms. The van der Waals surface area contributed by atoms with E-state index in [9.17, 15) is 9.59 Å². The third-order valence-corrected chi connectivity index (χ3v) is 6.59. The van der Waals surface area contributed by atoms with Gasteiger partial charge in [0.1, 0.15) is 5.76 Å². The first kappa shape index (κ1) is 16.1. The number of carbonyl (C=O) groups excluding carboxylic acids is 2. The molecule has 0 radical (unpaired) electrons. The molecule has 2 saturated heterocycles. The summed E-state index contributed by atoms with van der Waals surface area (Å²) in [4.78, 5) is 29.7. The van der Waals surface area contributed by atoms with Gasteiger partial charge in [-0.15, -0.1) is 0 Å². The van der Waals surface area contributed by atoms with Gasteiger partial charge in [0.25, 0.3) is 5.91 Å². The zero-order chi connectivity index (χ0) is 17.7. The van der Waals surface area contributed by atoms with Crippen LogP contribution in [0.5, 0.6) is 0 Å². The zero-order valence-electron chi connectivity index (χ0n) is 14.5. The molecule has 7 heteroatoms. The number of anilines is 1. The van der Waals surface area contributed by atoms with Crippen molar-refractivity contribution in [3.8, 4) is 0 Å². The highest BCUT2D eigenvalue weighted by Gasteiger charge is 2.50. The Hall–Kier alpha value is -2.15. The highest BCUT2D eigenvalue weighted by Crippen LogP contribution is 2.43. The van der Waals surface area contributed by atoms with E-state index in [1.165, 1.54) is 0 Å². The quantitative estimate of drug-likeness (QED) is 0.830. The lowest BCUT2D eigenvalue weighted by atomic mass is 9.78. The minimum Gasteiger partial charge on any atom is -0.360 e. The second-order valence-corrected chi connectivity index (χ2v) is 8.47. The molecule has 2 aromatic rings. The summed E-state index contributed by atoms with van der Waals surface area (Å²) < 4.78 is 5.33. The molecule has 1 atom stereocenters. The van der Waals surface area contributed by atoms with Gasteiger partial charge in [-0.1, -0.05) is 5.16 Å². The molecular formula is C19H21N3O3S. The summed E-state index contributed by atoms with van der Waals surface area (Å²) in [6.07, 6.45) is 4.73. The van der Waals surface area contributed by atoms with E-state index in [0.29, 0.717) is 24.7 Å². The van der Waals surface area contributed by atoms with Crippen molar-refractivity contribution < 1.29 is 14.1 Å². The van der Waals surface area contributed by atoms with Gasteiger partial charge < -0.3 is 14.3 Å². The Kier molecular flexibility index (Phi) is 3.67. The standard InChI is InChI=1S/C19H21N3O3S/c23-17(15-10-16(25-20-15)13-2-3-13)21-7-1-5-19(12-21)6-8-22(18(19)24)14-4-9-26-11-14/h4,9-11,13H,1-3,5-8,12H2. The Morgan fingerprint density at radius 3 is 2.96 bits per heavy atom. The topological polar surface area (TPSA) is 66.7 Å². The average Bonchev–Trinajstić information content (AvgIpc) is 3.07. The minimum atomic E-state index is -0.446. The third-order valence-electron chi connectivity index (χ3n) is 5.92. The normalized spacial score (nSPS) is 26.1. The molecule has 3 fully saturated rings. The molecule has 0 bridgehead atoms. The maximum Gasteiger partial charge on any atom is 0.276 e. The van der Waals surface area contributed by atoms with E-state index in [-0.39, 0.29) is 11.8 Å². The smallest absolute Gasteiger partial charge is 0.276 e.